The average Bonchev–Trinajstić information content (AvgIpc) is 1.46. The molecule has 0 aromatic carbocycles. The molecule has 0 aliphatic carbocycles. The Balaban J connectivity index is 0. The number of hydrogen-bond acceptors (Lipinski definition) is 0. The van der Waals surface area contributed by atoms with Crippen molar-refractivity contribution in [1.29, 1.82) is 0 Å². The molecule has 0 atom stereocenters. The van der Waals surface area contributed by atoms with E-state index in [-0.39, 0.29) is 15.9 Å². The van der Waals surface area contributed by atoms with Gasteiger partial charge in [0.25, 0.3) is 0 Å². The molecule has 0 heterocycles. The van der Waals surface area contributed by atoms with Crippen molar-refractivity contribution in [1.82, 2.24) is 0 Å². The molecule has 0 fully saturated rings. The van der Waals surface area contributed by atoms with Crippen molar-refractivity contribution in [3.63, 3.8) is 0 Å². The van der Waals surface area contributed by atoms with Crippen LogP contribution in [0.4, 0.5) is 0 Å². The van der Waals surface area contributed by atoms with Crippen LogP contribution in [0.15, 0.2) is 0 Å². The Kier molecular flexibility index (Phi) is 33.5. The molecule has 0 aliphatic rings. The van der Waals surface area contributed by atoms with Gasteiger partial charge in [0.05, 0.1) is 0 Å². The first-order valence-corrected chi connectivity index (χ1v) is 6.36. The first kappa shape index (κ1) is 10.2. The van der Waals surface area contributed by atoms with E-state index in [1.165, 1.54) is 0 Å². The van der Waals surface area contributed by atoms with Gasteiger partial charge in [0.2, 0.25) is 0 Å². The van der Waals surface area contributed by atoms with E-state index in [0.717, 1.165) is 0 Å². The van der Waals surface area contributed by atoms with Gasteiger partial charge in [-0.2, -0.15) is 0 Å². The molecule has 0 rings (SSSR count). The van der Waals surface area contributed by atoms with E-state index in [9.17, 15) is 0 Å². The first-order valence-electron chi connectivity index (χ1n) is 0.359. The zero-order valence-electron chi connectivity index (χ0n) is 1.77. The van der Waals surface area contributed by atoms with Gasteiger partial charge >= 0.3 is 62.7 Å². The van der Waals surface area contributed by atoms with Crippen molar-refractivity contribution in [2.24, 2.45) is 0 Å². The van der Waals surface area contributed by atoms with Crippen molar-refractivity contribution < 1.29 is 34.1 Å². The summed E-state index contributed by atoms with van der Waals surface area (Å²) in [6, 6.07) is 0. The fourth-order valence-electron chi connectivity index (χ4n) is 0. The van der Waals surface area contributed by atoms with Crippen LogP contribution in [-0.2, 0) is 34.1 Å². The topological polar surface area (TPSA) is 0 Å². The molecule has 0 saturated carbocycles. The van der Waals surface area contributed by atoms with Gasteiger partial charge in [0.15, 0.2) is 0 Å². The van der Waals surface area contributed by atoms with Gasteiger partial charge in [-0.05, 0) is 0 Å². The zero-order valence-corrected chi connectivity index (χ0v) is 7.14. The molecule has 0 N–H and O–H groups in total. The Bertz CT molecular complexity index is 4.85. The third-order valence-electron chi connectivity index (χ3n) is 0. The molecule has 0 spiro atoms. The van der Waals surface area contributed by atoms with Crippen LogP contribution in [0.2, 0.25) is 0 Å². The van der Waals surface area contributed by atoms with E-state index in [1.807, 2.05) is 0 Å². The fourth-order valence-corrected chi connectivity index (χ4v) is 0. The molecule has 0 saturated heterocycles. The summed E-state index contributed by atoms with van der Waals surface area (Å²) in [5, 5.41) is 0. The van der Waals surface area contributed by atoms with Gasteiger partial charge < -0.3 is 0 Å². The van der Waals surface area contributed by atoms with E-state index >= 15 is 0 Å². The van der Waals surface area contributed by atoms with Crippen LogP contribution in [0.1, 0.15) is 0 Å². The van der Waals surface area contributed by atoms with Gasteiger partial charge in [0, 0.05) is 0 Å². The van der Waals surface area contributed by atoms with Crippen LogP contribution in [0.25, 0.3) is 0 Å². The van der Waals surface area contributed by atoms with Crippen molar-refractivity contribution in [3.8, 4) is 0 Å². The Hall–Kier alpha value is 2.19. The summed E-state index contributed by atoms with van der Waals surface area (Å²) in [4.78, 5) is 0. The van der Waals surface area contributed by atoms with Gasteiger partial charge in [0.1, 0.15) is 0 Å². The molecular formula is Cl3Pd2. The van der Waals surface area contributed by atoms with E-state index in [4.69, 9.17) is 19.1 Å². The molecule has 0 aliphatic heterocycles. The number of rotatable bonds is 0. The number of hydrogen-bond donors (Lipinski definition) is 0. The Morgan fingerprint density at radius 3 is 1.20 bits per heavy atom. The molecule has 5 heteroatoms. The summed E-state index contributed by atoms with van der Waals surface area (Å²) in [5.41, 5.74) is 0. The molecule has 0 nitrogen and oxygen atoms in total. The molecule has 0 amide bonds. The predicted molar refractivity (Wildman–Crippen MR) is 17.6 cm³/mol. The molecule has 0 aromatic rings. The SMILES string of the molecule is [Cl][Pd].[Cl][Pd][Cl]. The van der Waals surface area contributed by atoms with Gasteiger partial charge in [-0.15, -0.1) is 0 Å². The van der Waals surface area contributed by atoms with Crippen molar-refractivity contribution in [3.05, 3.63) is 0 Å². The van der Waals surface area contributed by atoms with E-state index in [1.54, 1.807) is 0 Å². The van der Waals surface area contributed by atoms with Gasteiger partial charge in [-0.1, -0.05) is 0 Å². The maximum atomic E-state index is 4.81. The standard InChI is InChI=1S/3ClH.2Pd/h3*1H;;/q;;;+1;+2/p-3. The summed E-state index contributed by atoms with van der Waals surface area (Å²) in [7, 11) is 14.1. The molecule has 0 bridgehead atoms. The Morgan fingerprint density at radius 2 is 1.20 bits per heavy atom. The van der Waals surface area contributed by atoms with Crippen LogP contribution in [-0.4, -0.2) is 0 Å². The van der Waals surface area contributed by atoms with E-state index < -0.39 is 0 Å². The first-order chi connectivity index (χ1) is 2.41. The molecule has 0 unspecified atom stereocenters. The Morgan fingerprint density at radius 1 is 1.20 bits per heavy atom. The average molecular weight is 319 g/mol. The van der Waals surface area contributed by atoms with E-state index in [2.05, 4.69) is 27.7 Å². The van der Waals surface area contributed by atoms with Crippen LogP contribution in [0.3, 0.4) is 0 Å². The minimum atomic E-state index is -0.106. The summed E-state index contributed by atoms with van der Waals surface area (Å²) in [6.07, 6.45) is 0. The second kappa shape index (κ2) is 16.4. The summed E-state index contributed by atoms with van der Waals surface area (Å²) >= 11 is 2.12. The Labute approximate surface area is 62.0 Å². The van der Waals surface area contributed by atoms with Gasteiger partial charge in [-0.25, -0.2) is 0 Å². The fraction of sp³-hybridized carbons (Fsp3) is 0. The van der Waals surface area contributed by atoms with Crippen molar-refractivity contribution in [2.75, 3.05) is 0 Å². The maximum absolute atomic E-state index is 4.81. The van der Waals surface area contributed by atoms with Crippen LogP contribution >= 0.6 is 28.6 Å². The molecular weight excluding hydrogens is 319 g/mol. The summed E-state index contributed by atoms with van der Waals surface area (Å²) < 4.78 is 0. The normalized spacial score (nSPS) is 5.80. The van der Waals surface area contributed by atoms with Crippen molar-refractivity contribution >= 4 is 28.6 Å². The van der Waals surface area contributed by atoms with Crippen LogP contribution < -0.4 is 0 Å². The van der Waals surface area contributed by atoms with Gasteiger partial charge in [-0.3, -0.25) is 0 Å². The zero-order chi connectivity index (χ0) is 4.71. The van der Waals surface area contributed by atoms with Crippen LogP contribution in [0, 0.1) is 0 Å². The summed E-state index contributed by atoms with van der Waals surface area (Å²) in [6.45, 7) is 0. The quantitative estimate of drug-likeness (QED) is 0.600. The molecule has 41 valence electrons. The third kappa shape index (κ3) is 22.6. The van der Waals surface area contributed by atoms with Crippen LogP contribution in [0.5, 0.6) is 0 Å². The molecule has 5 heavy (non-hydrogen) atoms. The summed E-state index contributed by atoms with van der Waals surface area (Å²) in [5.74, 6) is 0. The predicted octanol–water partition coefficient (Wildman–Crippen LogP) is 2.06. The monoisotopic (exact) mass is 317 g/mol. The molecule has 0 aromatic heterocycles. The van der Waals surface area contributed by atoms with E-state index in [0.29, 0.717) is 0 Å². The third-order valence-corrected chi connectivity index (χ3v) is 0. The number of halogens is 3. The second-order valence-electron chi connectivity index (χ2n) is 0.0452. The second-order valence-corrected chi connectivity index (χ2v) is 2.41. The van der Waals surface area contributed by atoms with Crippen molar-refractivity contribution in [2.45, 2.75) is 0 Å². The molecule has 0 radical (unpaired) electrons. The minimum absolute atomic E-state index is 0.106.